The van der Waals surface area contributed by atoms with Gasteiger partial charge in [-0.15, -0.1) is 0 Å². The average Bonchev–Trinajstić information content (AvgIpc) is 2.43. The molecule has 1 amide bonds. The average molecular weight is 225 g/mol. The van der Waals surface area contributed by atoms with Gasteiger partial charge in [-0.3, -0.25) is 0 Å². The van der Waals surface area contributed by atoms with Crippen molar-refractivity contribution >= 4 is 6.09 Å². The monoisotopic (exact) mass is 225 g/mol. The van der Waals surface area contributed by atoms with Crippen molar-refractivity contribution in [2.24, 2.45) is 10.2 Å². The summed E-state index contributed by atoms with van der Waals surface area (Å²) in [6.07, 6.45) is 0.0602. The van der Waals surface area contributed by atoms with E-state index in [1.165, 1.54) is 4.90 Å². The zero-order valence-corrected chi connectivity index (χ0v) is 8.47. The Morgan fingerprint density at radius 3 is 2.50 bits per heavy atom. The SMILES string of the molecule is [N-]=[N+]=NC1CCCN(C(=O)O)CC1N=[N+]=[N-]. The van der Waals surface area contributed by atoms with Crippen LogP contribution >= 0.6 is 0 Å². The lowest BCUT2D eigenvalue weighted by Crippen LogP contribution is -2.37. The Hall–Kier alpha value is -2.11. The van der Waals surface area contributed by atoms with Crippen molar-refractivity contribution in [1.82, 2.24) is 4.90 Å². The second-order valence-electron chi connectivity index (χ2n) is 3.42. The third-order valence-electron chi connectivity index (χ3n) is 2.45. The molecule has 1 rings (SSSR count). The first-order chi connectivity index (χ1) is 7.69. The van der Waals surface area contributed by atoms with Gasteiger partial charge in [-0.1, -0.05) is 10.2 Å². The second kappa shape index (κ2) is 5.69. The molecule has 1 heterocycles. The highest BCUT2D eigenvalue weighted by atomic mass is 16.4. The number of rotatable bonds is 2. The van der Waals surface area contributed by atoms with E-state index in [0.717, 1.165) is 0 Å². The third-order valence-corrected chi connectivity index (χ3v) is 2.45. The van der Waals surface area contributed by atoms with E-state index in [9.17, 15) is 4.79 Å². The summed E-state index contributed by atoms with van der Waals surface area (Å²) >= 11 is 0. The van der Waals surface area contributed by atoms with Crippen LogP contribution in [0.4, 0.5) is 4.79 Å². The van der Waals surface area contributed by atoms with Gasteiger partial charge in [0.05, 0.1) is 6.04 Å². The smallest absolute Gasteiger partial charge is 0.407 e. The molecule has 1 fully saturated rings. The van der Waals surface area contributed by atoms with Crippen molar-refractivity contribution in [1.29, 1.82) is 0 Å². The Morgan fingerprint density at radius 1 is 1.31 bits per heavy atom. The Morgan fingerprint density at radius 2 is 1.94 bits per heavy atom. The molecule has 0 bridgehead atoms. The predicted octanol–water partition coefficient (Wildman–Crippen LogP) is 2.12. The number of carboxylic acid groups (broad SMARTS) is 1. The van der Waals surface area contributed by atoms with E-state index in [0.29, 0.717) is 19.4 Å². The number of azide groups is 2. The van der Waals surface area contributed by atoms with Crippen LogP contribution in [0.3, 0.4) is 0 Å². The third kappa shape index (κ3) is 2.94. The summed E-state index contributed by atoms with van der Waals surface area (Å²) in [5.74, 6) is 0. The molecule has 1 aliphatic heterocycles. The molecule has 16 heavy (non-hydrogen) atoms. The first-order valence-corrected chi connectivity index (χ1v) is 4.75. The van der Waals surface area contributed by atoms with Crippen LogP contribution in [0.25, 0.3) is 20.9 Å². The first-order valence-electron chi connectivity index (χ1n) is 4.75. The fourth-order valence-electron chi connectivity index (χ4n) is 1.68. The zero-order valence-electron chi connectivity index (χ0n) is 8.47. The van der Waals surface area contributed by atoms with Gasteiger partial charge < -0.3 is 10.0 Å². The molecule has 9 heteroatoms. The predicted molar refractivity (Wildman–Crippen MR) is 54.7 cm³/mol. The van der Waals surface area contributed by atoms with Gasteiger partial charge in [0, 0.05) is 29.0 Å². The number of hydrogen-bond acceptors (Lipinski definition) is 3. The summed E-state index contributed by atoms with van der Waals surface area (Å²) in [6, 6.07) is -1.09. The lowest BCUT2D eigenvalue weighted by Gasteiger charge is -2.20. The molecular formula is C7H11N7O2. The van der Waals surface area contributed by atoms with Crippen LogP contribution in [0.15, 0.2) is 10.2 Å². The van der Waals surface area contributed by atoms with Crippen LogP contribution in [-0.2, 0) is 0 Å². The Bertz CT molecular complexity index is 358. The quantitative estimate of drug-likeness (QED) is 0.437. The van der Waals surface area contributed by atoms with E-state index in [1.807, 2.05) is 0 Å². The summed E-state index contributed by atoms with van der Waals surface area (Å²) in [5, 5.41) is 15.9. The maximum atomic E-state index is 10.8. The van der Waals surface area contributed by atoms with Crippen LogP contribution in [0.1, 0.15) is 12.8 Å². The summed E-state index contributed by atoms with van der Waals surface area (Å²) < 4.78 is 0. The van der Waals surface area contributed by atoms with E-state index < -0.39 is 18.2 Å². The molecule has 2 atom stereocenters. The van der Waals surface area contributed by atoms with E-state index >= 15 is 0 Å². The zero-order chi connectivity index (χ0) is 12.0. The topological polar surface area (TPSA) is 138 Å². The van der Waals surface area contributed by atoms with E-state index in [-0.39, 0.29) is 6.54 Å². The van der Waals surface area contributed by atoms with E-state index in [2.05, 4.69) is 20.1 Å². The Labute approximate surface area is 90.9 Å². The molecule has 2 unspecified atom stereocenters. The molecule has 86 valence electrons. The molecule has 9 nitrogen and oxygen atoms in total. The fourth-order valence-corrected chi connectivity index (χ4v) is 1.68. The van der Waals surface area contributed by atoms with Crippen molar-refractivity contribution < 1.29 is 9.90 Å². The van der Waals surface area contributed by atoms with Gasteiger partial charge in [0.2, 0.25) is 0 Å². The molecule has 0 spiro atoms. The fraction of sp³-hybridized carbons (Fsp3) is 0.857. The van der Waals surface area contributed by atoms with Gasteiger partial charge in [-0.2, -0.15) is 0 Å². The van der Waals surface area contributed by atoms with Gasteiger partial charge in [0.25, 0.3) is 0 Å². The number of amides is 1. The Kier molecular flexibility index (Phi) is 4.26. The first kappa shape index (κ1) is 12.0. The van der Waals surface area contributed by atoms with Gasteiger partial charge in [-0.25, -0.2) is 4.79 Å². The highest BCUT2D eigenvalue weighted by Gasteiger charge is 2.27. The van der Waals surface area contributed by atoms with E-state index in [4.69, 9.17) is 16.2 Å². The van der Waals surface area contributed by atoms with Crippen LogP contribution < -0.4 is 0 Å². The minimum Gasteiger partial charge on any atom is -0.465 e. The number of carbonyl (C=O) groups is 1. The molecule has 1 N–H and O–H groups in total. The van der Waals surface area contributed by atoms with Gasteiger partial charge >= 0.3 is 6.09 Å². The number of nitrogens with zero attached hydrogens (tertiary/aromatic N) is 7. The number of hydrogen-bond donors (Lipinski definition) is 1. The van der Waals surface area contributed by atoms with E-state index in [1.54, 1.807) is 0 Å². The summed E-state index contributed by atoms with van der Waals surface area (Å²) in [7, 11) is 0. The van der Waals surface area contributed by atoms with Crippen LogP contribution in [0.2, 0.25) is 0 Å². The lowest BCUT2D eigenvalue weighted by molar-refractivity contribution is 0.144. The van der Waals surface area contributed by atoms with Gasteiger partial charge in [0.1, 0.15) is 0 Å². The minimum atomic E-state index is -1.06. The highest BCUT2D eigenvalue weighted by molar-refractivity contribution is 5.65. The molecule has 0 aromatic heterocycles. The highest BCUT2D eigenvalue weighted by Crippen LogP contribution is 2.18. The summed E-state index contributed by atoms with van der Waals surface area (Å²) in [6.45, 7) is 0.438. The second-order valence-corrected chi connectivity index (χ2v) is 3.42. The molecule has 0 radical (unpaired) electrons. The molecule has 1 saturated heterocycles. The van der Waals surface area contributed by atoms with Crippen molar-refractivity contribution in [3.63, 3.8) is 0 Å². The van der Waals surface area contributed by atoms with Gasteiger partial charge in [0.15, 0.2) is 0 Å². The Balaban J connectivity index is 2.86. The minimum absolute atomic E-state index is 0.0725. The maximum Gasteiger partial charge on any atom is 0.407 e. The standard InChI is InChI=1S/C7H11N7O2/c8-12-10-5-2-1-3-14(7(15)16)4-6(5)11-13-9/h5-6H,1-4H2,(H,15,16). The molecule has 0 aliphatic carbocycles. The summed E-state index contributed by atoms with van der Waals surface area (Å²) in [4.78, 5) is 17.3. The van der Waals surface area contributed by atoms with Crippen LogP contribution in [-0.4, -0.2) is 41.3 Å². The van der Waals surface area contributed by atoms with Gasteiger partial charge in [-0.05, 0) is 23.9 Å². The molecule has 1 aliphatic rings. The lowest BCUT2D eigenvalue weighted by atomic mass is 10.1. The van der Waals surface area contributed by atoms with Crippen LogP contribution in [0.5, 0.6) is 0 Å². The normalized spacial score (nSPS) is 24.9. The maximum absolute atomic E-state index is 10.8. The molecule has 0 aromatic rings. The number of likely N-dealkylation sites (tertiary alicyclic amines) is 1. The molecule has 0 aromatic carbocycles. The largest absolute Gasteiger partial charge is 0.465 e. The molecular weight excluding hydrogens is 214 g/mol. The molecule has 0 saturated carbocycles. The van der Waals surface area contributed by atoms with Crippen molar-refractivity contribution in [2.45, 2.75) is 24.9 Å². The van der Waals surface area contributed by atoms with Crippen molar-refractivity contribution in [2.75, 3.05) is 13.1 Å². The van der Waals surface area contributed by atoms with Crippen LogP contribution in [0, 0.1) is 0 Å². The van der Waals surface area contributed by atoms with Crippen molar-refractivity contribution in [3.8, 4) is 0 Å². The van der Waals surface area contributed by atoms with Crippen molar-refractivity contribution in [3.05, 3.63) is 20.9 Å². The summed E-state index contributed by atoms with van der Waals surface area (Å²) in [5.41, 5.74) is 16.7.